The van der Waals surface area contributed by atoms with Crippen molar-refractivity contribution < 1.29 is 152 Å². The summed E-state index contributed by atoms with van der Waals surface area (Å²) in [5.41, 5.74) is 0. The zero-order valence-electron chi connectivity index (χ0n) is 26.4. The zero-order chi connectivity index (χ0) is 31.5. The number of hydrogen-bond acceptors (Lipinski definition) is 9. The number of sulfonamides is 2. The molecule has 2 aromatic carbocycles. The molecule has 0 unspecified atom stereocenters. The fourth-order valence-corrected chi connectivity index (χ4v) is 4.06. The van der Waals surface area contributed by atoms with E-state index in [2.05, 4.69) is 44.1 Å². The molecule has 0 aliphatic rings. The Morgan fingerprint density at radius 1 is 0.951 bits per heavy atom. The summed E-state index contributed by atoms with van der Waals surface area (Å²) in [7, 11) is -5.00. The van der Waals surface area contributed by atoms with Crippen molar-refractivity contribution in [2.24, 2.45) is 0 Å². The fraction of sp³-hybridized carbons (Fsp3) is 0.458. The molecule has 0 fully saturated rings. The van der Waals surface area contributed by atoms with Crippen LogP contribution in [0.3, 0.4) is 0 Å². The Bertz CT molecular complexity index is 1090. The van der Waals surface area contributed by atoms with Gasteiger partial charge >= 0.3 is 103 Å². The van der Waals surface area contributed by atoms with Crippen molar-refractivity contribution in [1.29, 1.82) is 0 Å². The van der Waals surface area contributed by atoms with E-state index in [1.54, 1.807) is 12.1 Å². The number of carbonyl (C=O) groups excluding carboxylic acids is 1. The molecule has 3 N–H and O–H groups in total. The number of rotatable bonds is 11. The predicted molar refractivity (Wildman–Crippen MR) is 151 cm³/mol. The Kier molecular flexibility index (Phi) is 40.4. The molecule has 0 bridgehead atoms. The molecule has 0 heterocycles. The van der Waals surface area contributed by atoms with Crippen molar-refractivity contribution >= 4 is 42.4 Å². The van der Waals surface area contributed by atoms with Crippen LogP contribution in [0.1, 0.15) is 42.3 Å². The van der Waals surface area contributed by atoms with E-state index >= 15 is 0 Å². The third-order valence-corrected chi connectivity index (χ3v) is 7.53. The minimum Gasteiger partial charge on any atom is -1.00 e. The minimum absolute atomic E-state index is 0. The fourth-order valence-electron chi connectivity index (χ4n) is 2.04. The number of benzene rings is 2. The van der Waals surface area contributed by atoms with Crippen LogP contribution >= 0.6 is 15.9 Å². The van der Waals surface area contributed by atoms with Crippen molar-refractivity contribution in [3.63, 3.8) is 0 Å². The van der Waals surface area contributed by atoms with Gasteiger partial charge in [-0.2, -0.15) is 0 Å². The van der Waals surface area contributed by atoms with Gasteiger partial charge in [-0.15, -0.1) is 0 Å². The van der Waals surface area contributed by atoms with Gasteiger partial charge in [-0.1, -0.05) is 42.6 Å². The molecule has 11 nitrogen and oxygen atoms in total. The number of phenols is 1. The van der Waals surface area contributed by atoms with E-state index < -0.39 is 27.2 Å². The van der Waals surface area contributed by atoms with E-state index in [1.807, 2.05) is 0 Å². The Balaban J connectivity index is -0.000000112. The Labute approximate surface area is 340 Å². The van der Waals surface area contributed by atoms with Gasteiger partial charge < -0.3 is 21.4 Å². The van der Waals surface area contributed by atoms with Crippen molar-refractivity contribution in [2.45, 2.75) is 49.3 Å². The molecular weight excluding hydrogens is 702 g/mol. The molecule has 0 aliphatic carbocycles. The third kappa shape index (κ3) is 28.2. The molecule has 17 heteroatoms. The van der Waals surface area contributed by atoms with Crippen molar-refractivity contribution in [1.82, 2.24) is 9.44 Å². The van der Waals surface area contributed by atoms with Crippen LogP contribution in [0.25, 0.3) is 0 Å². The summed E-state index contributed by atoms with van der Waals surface area (Å²) >= 11 is 3.31. The van der Waals surface area contributed by atoms with Crippen LogP contribution in [0.5, 0.6) is 11.5 Å². The van der Waals surface area contributed by atoms with Crippen molar-refractivity contribution in [3.8, 4) is 11.5 Å². The van der Waals surface area contributed by atoms with Crippen LogP contribution in [-0.2, 0) is 29.7 Å². The van der Waals surface area contributed by atoms with E-state index in [4.69, 9.17) is 21.3 Å². The van der Waals surface area contributed by atoms with E-state index in [9.17, 15) is 21.2 Å². The summed E-state index contributed by atoms with van der Waals surface area (Å²) < 4.78 is 70.4. The quantitative estimate of drug-likeness (QED) is 0.0558. The maximum atomic E-state index is 11.4. The number of carbonyl (C=O) groups is 1. The number of hydrogen-bond donors (Lipinski definition) is 3. The van der Waals surface area contributed by atoms with Crippen LogP contribution in [0, 0.1) is 0 Å². The van der Waals surface area contributed by atoms with Gasteiger partial charge in [0.05, 0.1) is 24.9 Å². The number of nitrogens with one attached hydrogen (secondary N) is 2. The third-order valence-electron chi connectivity index (χ3n) is 4.11. The first-order valence-corrected chi connectivity index (χ1v) is 15.5. The summed E-state index contributed by atoms with van der Waals surface area (Å²) in [4.78, 5) is 11.6. The molecule has 0 atom stereocenters. The van der Waals surface area contributed by atoms with E-state index in [0.717, 1.165) is 18.2 Å². The SMILES string of the molecule is CCCCBr.CCCCOc1ccc(S(=O)(=O)NC)cc1.CNS(=O)(=O)c1ccc(O)cc1.O=CO[O-].[2H]CF.[H-].[K+].[K+]. The minimum atomic E-state index is -3.38. The maximum Gasteiger partial charge on any atom is 1.00 e. The average molecular weight is 743 g/mol. The van der Waals surface area contributed by atoms with Crippen LogP contribution in [-0.4, -0.2) is 61.6 Å². The van der Waals surface area contributed by atoms with Gasteiger partial charge in [0.25, 0.3) is 6.47 Å². The van der Waals surface area contributed by atoms with E-state index in [-0.39, 0.29) is 126 Å². The van der Waals surface area contributed by atoms with E-state index in [1.165, 1.54) is 63.3 Å². The first kappa shape index (κ1) is 48.9. The molecular formula is C24H40BrFK2N2O9S2. The maximum absolute atomic E-state index is 11.4. The summed E-state index contributed by atoms with van der Waals surface area (Å²) in [5.74, 6) is 0.744. The zero-order valence-corrected chi connectivity index (χ0v) is 33.9. The Morgan fingerprint density at radius 2 is 1.32 bits per heavy atom. The van der Waals surface area contributed by atoms with Crippen molar-refractivity contribution in [3.05, 3.63) is 48.5 Å². The summed E-state index contributed by atoms with van der Waals surface area (Å²) in [6, 6.07) is 11.7. The largest absolute Gasteiger partial charge is 1.00 e. The topological polar surface area (TPSA) is 171 Å². The van der Waals surface area contributed by atoms with Gasteiger partial charge in [-0.05, 0) is 75.5 Å². The van der Waals surface area contributed by atoms with Crippen LogP contribution < -0.4 is 122 Å². The van der Waals surface area contributed by atoms with Crippen molar-refractivity contribution in [2.75, 3.05) is 33.2 Å². The van der Waals surface area contributed by atoms with Gasteiger partial charge in [-0.3, -0.25) is 9.18 Å². The Morgan fingerprint density at radius 3 is 1.59 bits per heavy atom. The summed E-state index contributed by atoms with van der Waals surface area (Å²) in [5, 5.41) is 18.5. The molecule has 0 saturated heterocycles. The Hall–Kier alpha value is 0.973. The molecule has 0 radical (unpaired) electrons. The summed E-state index contributed by atoms with van der Waals surface area (Å²) in [6.45, 7) is 4.75. The number of alkyl halides is 2. The molecule has 2 rings (SSSR count). The second-order valence-corrected chi connectivity index (χ2v) is 11.4. The molecule has 0 aromatic heterocycles. The smallest absolute Gasteiger partial charge is 1.00 e. The molecule has 228 valence electrons. The standard InChI is InChI=1S/C11H17NO3S.C7H9NO3S.C4H9Br.CH3F.CH2O3.2K.H/c1-3-4-9-15-10-5-7-11(8-6-10)16(13,14)12-2;1-8-12(10,11)7-4-2-6(9)3-5-7;1-2-3-4-5;1-2;2-1-4-3;;;/h5-8,12H,3-4,9H2,1-2H3;2-5,8-9H,1H3;2-4H2,1H3;1H3;1,3H;;;/q;;;;;2*+1;-1/p-1/i;;;1D;;;;. The van der Waals surface area contributed by atoms with E-state index in [0.29, 0.717) is 12.4 Å². The molecule has 41 heavy (non-hydrogen) atoms. The first-order chi connectivity index (χ1) is 18.9. The molecule has 0 amide bonds. The van der Waals surface area contributed by atoms with Crippen LogP contribution in [0.4, 0.5) is 4.39 Å². The second kappa shape index (κ2) is 33.9. The molecule has 0 spiro atoms. The van der Waals surface area contributed by atoms with Gasteiger partial charge in [0, 0.05) is 5.33 Å². The van der Waals surface area contributed by atoms with Gasteiger partial charge in [-0.25, -0.2) is 26.3 Å². The number of aromatic hydroxyl groups is 1. The summed E-state index contributed by atoms with van der Waals surface area (Å²) in [6.07, 6.45) is 4.67. The molecule has 0 aliphatic heterocycles. The molecule has 2 aromatic rings. The number of unbranched alkanes of at least 4 members (excludes halogenated alkanes) is 2. The van der Waals surface area contributed by atoms with Gasteiger partial charge in [0.1, 0.15) is 11.5 Å². The van der Waals surface area contributed by atoms with Crippen LogP contribution in [0.15, 0.2) is 58.3 Å². The monoisotopic (exact) mass is 741 g/mol. The second-order valence-electron chi connectivity index (χ2n) is 6.82. The molecule has 0 saturated carbocycles. The predicted octanol–water partition coefficient (Wildman–Crippen LogP) is -2.60. The van der Waals surface area contributed by atoms with Gasteiger partial charge in [0.15, 0.2) is 0 Å². The van der Waals surface area contributed by atoms with Gasteiger partial charge in [0.2, 0.25) is 20.0 Å². The van der Waals surface area contributed by atoms with Crippen LogP contribution in [0.2, 0.25) is 0 Å². The first-order valence-electron chi connectivity index (χ1n) is 12.1. The number of phenolic OH excluding ortho intramolecular Hbond substituents is 1. The number of halogens is 2. The normalized spacial score (nSPS) is 9.78. The average Bonchev–Trinajstić information content (AvgIpc) is 2.95. The number of ether oxygens (including phenoxy) is 1.